The highest BCUT2D eigenvalue weighted by molar-refractivity contribution is 5.96. The van der Waals surface area contributed by atoms with Gasteiger partial charge in [0, 0.05) is 61.3 Å². The fourth-order valence-electron chi connectivity index (χ4n) is 4.26. The Balaban J connectivity index is 1.46. The third-order valence-corrected chi connectivity index (χ3v) is 5.92. The Morgan fingerprint density at radius 2 is 1.81 bits per heavy atom. The largest absolute Gasteiger partial charge is 0.367 e. The second-order valence-corrected chi connectivity index (χ2v) is 7.83. The monoisotopic (exact) mass is 431 g/mol. The molecule has 4 aromatic heterocycles. The smallest absolute Gasteiger partial charge is 0.182 e. The summed E-state index contributed by atoms with van der Waals surface area (Å²) in [5, 5.41) is 8.25. The van der Waals surface area contributed by atoms with E-state index in [-0.39, 0.29) is 5.69 Å². The molecule has 32 heavy (non-hydrogen) atoms. The van der Waals surface area contributed by atoms with Gasteiger partial charge < -0.3 is 15.2 Å². The summed E-state index contributed by atoms with van der Waals surface area (Å²) in [5.41, 5.74) is 4.96. The number of rotatable bonds is 3. The first-order valence-electron chi connectivity index (χ1n) is 10.4. The molecular weight excluding hydrogens is 412 g/mol. The molecule has 0 spiro atoms. The molecule has 0 unspecified atom stereocenters. The number of aromatic nitrogens is 5. The van der Waals surface area contributed by atoms with Crippen molar-refractivity contribution in [1.29, 1.82) is 0 Å². The lowest BCUT2D eigenvalue weighted by Gasteiger charge is -2.30. The fourth-order valence-corrected chi connectivity index (χ4v) is 4.26. The molecule has 1 aliphatic heterocycles. The van der Waals surface area contributed by atoms with Crippen LogP contribution in [0, 0.1) is 11.6 Å². The van der Waals surface area contributed by atoms with Crippen LogP contribution in [0.15, 0.2) is 55.2 Å². The number of hydrogen-bond acceptors (Lipinski definition) is 5. The van der Waals surface area contributed by atoms with E-state index in [1.807, 2.05) is 35.5 Å². The number of anilines is 1. The van der Waals surface area contributed by atoms with Crippen LogP contribution in [-0.2, 0) is 0 Å². The molecule has 5 heterocycles. The van der Waals surface area contributed by atoms with Gasteiger partial charge in [-0.25, -0.2) is 23.3 Å². The molecule has 9 heteroatoms. The molecule has 0 bridgehead atoms. The molecule has 5 aromatic rings. The number of benzene rings is 1. The van der Waals surface area contributed by atoms with E-state index in [0.29, 0.717) is 18.7 Å². The Kier molecular flexibility index (Phi) is 4.36. The minimum absolute atomic E-state index is 0.285. The molecule has 0 aliphatic carbocycles. The molecule has 2 N–H and O–H groups in total. The molecule has 7 nitrogen and oxygen atoms in total. The summed E-state index contributed by atoms with van der Waals surface area (Å²) in [4.78, 5) is 13.8. The predicted octanol–water partition coefficient (Wildman–Crippen LogP) is 3.63. The molecule has 1 aromatic carbocycles. The van der Waals surface area contributed by atoms with Crippen molar-refractivity contribution in [1.82, 2.24) is 29.9 Å². The summed E-state index contributed by atoms with van der Waals surface area (Å²) >= 11 is 0. The zero-order valence-electron chi connectivity index (χ0n) is 17.0. The molecule has 6 rings (SSSR count). The van der Waals surface area contributed by atoms with Crippen molar-refractivity contribution in [2.24, 2.45) is 0 Å². The van der Waals surface area contributed by atoms with E-state index in [1.54, 1.807) is 16.8 Å². The summed E-state index contributed by atoms with van der Waals surface area (Å²) in [6.45, 7) is 2.73. The van der Waals surface area contributed by atoms with Gasteiger partial charge in [0.05, 0.1) is 5.69 Å². The van der Waals surface area contributed by atoms with E-state index >= 15 is 0 Å². The Morgan fingerprint density at radius 3 is 2.69 bits per heavy atom. The van der Waals surface area contributed by atoms with Crippen molar-refractivity contribution >= 4 is 22.4 Å². The number of fused-ring (bicyclic) bond motifs is 2. The molecule has 1 fully saturated rings. The van der Waals surface area contributed by atoms with E-state index < -0.39 is 11.6 Å². The Hall–Kier alpha value is -3.85. The van der Waals surface area contributed by atoms with Crippen LogP contribution < -0.4 is 10.2 Å². The van der Waals surface area contributed by atoms with Crippen LogP contribution in [0.5, 0.6) is 0 Å². The van der Waals surface area contributed by atoms with Crippen molar-refractivity contribution in [2.45, 2.75) is 0 Å². The Morgan fingerprint density at radius 1 is 0.938 bits per heavy atom. The van der Waals surface area contributed by atoms with Gasteiger partial charge in [-0.2, -0.15) is 5.10 Å². The van der Waals surface area contributed by atoms with Crippen molar-refractivity contribution in [3.63, 3.8) is 0 Å². The van der Waals surface area contributed by atoms with Gasteiger partial charge in [0.2, 0.25) is 0 Å². The van der Waals surface area contributed by atoms with Crippen LogP contribution in [-0.4, -0.2) is 50.7 Å². The van der Waals surface area contributed by atoms with Gasteiger partial charge in [0.1, 0.15) is 12.0 Å². The fraction of sp³-hybridized carbons (Fsp3) is 0.174. The zero-order valence-corrected chi connectivity index (χ0v) is 17.0. The summed E-state index contributed by atoms with van der Waals surface area (Å²) in [6.07, 6.45) is 6.93. The summed E-state index contributed by atoms with van der Waals surface area (Å²) < 4.78 is 30.8. The van der Waals surface area contributed by atoms with Crippen LogP contribution in [0.2, 0.25) is 0 Å². The van der Waals surface area contributed by atoms with Crippen LogP contribution in [0.4, 0.5) is 14.5 Å². The van der Waals surface area contributed by atoms with Crippen LogP contribution in [0.25, 0.3) is 38.9 Å². The first-order chi connectivity index (χ1) is 15.7. The normalized spacial score (nSPS) is 14.5. The molecule has 1 aliphatic rings. The SMILES string of the molecule is Fc1cc(-c2cnc3[nH]cc(-c4ccn5ncnc5c4)c3c2)cc(N2CCNCC2)c1F. The van der Waals surface area contributed by atoms with E-state index in [4.69, 9.17) is 0 Å². The van der Waals surface area contributed by atoms with Gasteiger partial charge in [0.25, 0.3) is 0 Å². The Bertz CT molecular complexity index is 1450. The molecule has 0 radical (unpaired) electrons. The lowest BCUT2D eigenvalue weighted by atomic mass is 10.0. The highest BCUT2D eigenvalue weighted by Gasteiger charge is 2.20. The van der Waals surface area contributed by atoms with Crippen molar-refractivity contribution in [3.05, 3.63) is 66.9 Å². The highest BCUT2D eigenvalue weighted by atomic mass is 19.2. The molecular formula is C23H19F2N7. The molecule has 0 saturated carbocycles. The lowest BCUT2D eigenvalue weighted by Crippen LogP contribution is -2.44. The maximum absolute atomic E-state index is 14.6. The average molecular weight is 431 g/mol. The maximum atomic E-state index is 14.6. The third kappa shape index (κ3) is 3.09. The van der Waals surface area contributed by atoms with Gasteiger partial charge in [-0.1, -0.05) is 0 Å². The van der Waals surface area contributed by atoms with Crippen LogP contribution in [0.1, 0.15) is 0 Å². The second-order valence-electron chi connectivity index (χ2n) is 7.83. The zero-order chi connectivity index (χ0) is 21.7. The van der Waals surface area contributed by atoms with E-state index in [9.17, 15) is 8.78 Å². The molecule has 0 amide bonds. The summed E-state index contributed by atoms with van der Waals surface area (Å²) in [5.74, 6) is -1.67. The van der Waals surface area contributed by atoms with E-state index in [2.05, 4.69) is 25.4 Å². The highest BCUT2D eigenvalue weighted by Crippen LogP contribution is 2.34. The van der Waals surface area contributed by atoms with Gasteiger partial charge >= 0.3 is 0 Å². The van der Waals surface area contributed by atoms with Gasteiger partial charge in [0.15, 0.2) is 17.3 Å². The topological polar surface area (TPSA) is 74.1 Å². The first-order valence-corrected chi connectivity index (χ1v) is 10.4. The number of halogens is 2. The minimum atomic E-state index is -0.859. The molecule has 160 valence electrons. The number of nitrogens with zero attached hydrogens (tertiary/aromatic N) is 5. The first kappa shape index (κ1) is 18.9. The standard InChI is InChI=1S/C23H19F2N7/c24-19-8-15(9-20(22(19)25)31-5-2-26-3-6-31)16-7-17-18(12-28-23(17)27-11-16)14-1-4-32-21(10-14)29-13-30-32/h1,4,7-13,26H,2-3,5-6H2,(H,27,28). The molecule has 1 saturated heterocycles. The van der Waals surface area contributed by atoms with E-state index in [1.165, 1.54) is 12.4 Å². The number of pyridine rings is 2. The van der Waals surface area contributed by atoms with Crippen LogP contribution >= 0.6 is 0 Å². The quantitative estimate of drug-likeness (QED) is 0.456. The van der Waals surface area contributed by atoms with Crippen molar-refractivity contribution < 1.29 is 8.78 Å². The third-order valence-electron chi connectivity index (χ3n) is 5.92. The number of aromatic amines is 1. The number of piperazine rings is 1. The average Bonchev–Trinajstić information content (AvgIpc) is 3.47. The maximum Gasteiger partial charge on any atom is 0.182 e. The minimum Gasteiger partial charge on any atom is -0.367 e. The van der Waals surface area contributed by atoms with Crippen molar-refractivity contribution in [3.8, 4) is 22.3 Å². The van der Waals surface area contributed by atoms with Crippen molar-refractivity contribution in [2.75, 3.05) is 31.1 Å². The van der Waals surface area contributed by atoms with Crippen LogP contribution in [0.3, 0.4) is 0 Å². The Labute approximate surface area is 181 Å². The lowest BCUT2D eigenvalue weighted by molar-refractivity contribution is 0.500. The predicted molar refractivity (Wildman–Crippen MR) is 119 cm³/mol. The second kappa shape index (κ2) is 7.38. The van der Waals surface area contributed by atoms with E-state index in [0.717, 1.165) is 46.5 Å². The van der Waals surface area contributed by atoms with Gasteiger partial charge in [-0.05, 0) is 41.5 Å². The summed E-state index contributed by atoms with van der Waals surface area (Å²) in [7, 11) is 0. The molecule has 0 atom stereocenters. The van der Waals surface area contributed by atoms with Gasteiger partial charge in [-0.3, -0.25) is 0 Å². The van der Waals surface area contributed by atoms with Gasteiger partial charge in [-0.15, -0.1) is 0 Å². The summed E-state index contributed by atoms with van der Waals surface area (Å²) in [6, 6.07) is 8.80. The number of hydrogen-bond donors (Lipinski definition) is 2. The number of H-pyrrole nitrogens is 1. The number of nitrogens with one attached hydrogen (secondary N) is 2.